The lowest BCUT2D eigenvalue weighted by Gasteiger charge is -2.58. The van der Waals surface area contributed by atoms with Crippen LogP contribution in [0.5, 0.6) is 0 Å². The molecule has 0 unspecified atom stereocenters. The first-order chi connectivity index (χ1) is 13.4. The second-order valence-electron chi connectivity index (χ2n) is 9.64. The van der Waals surface area contributed by atoms with Crippen molar-refractivity contribution in [2.45, 2.75) is 95.2 Å². The molecule has 3 aliphatic rings. The van der Waals surface area contributed by atoms with Crippen molar-refractivity contribution in [3.05, 3.63) is 12.2 Å². The fourth-order valence-electron chi connectivity index (χ4n) is 5.68. The van der Waals surface area contributed by atoms with Gasteiger partial charge in [-0.05, 0) is 50.9 Å². The van der Waals surface area contributed by atoms with Gasteiger partial charge in [0.25, 0.3) is 0 Å². The minimum Gasteiger partial charge on any atom is -0.392 e. The Hall–Kier alpha value is -0.580. The lowest BCUT2D eigenvalue weighted by molar-refractivity contribution is -0.367. The van der Waals surface area contributed by atoms with E-state index in [-0.39, 0.29) is 17.3 Å². The second-order valence-corrected chi connectivity index (χ2v) is 9.64. The zero-order valence-electron chi connectivity index (χ0n) is 17.7. The van der Waals surface area contributed by atoms with E-state index in [2.05, 4.69) is 13.5 Å². The topological polar surface area (TPSA) is 129 Å². The van der Waals surface area contributed by atoms with E-state index in [0.717, 1.165) is 12.0 Å². The number of rotatable bonds is 4. The molecule has 8 heteroatoms. The number of aliphatic hydroxyl groups excluding tert-OH is 4. The van der Waals surface area contributed by atoms with Gasteiger partial charge in [-0.1, -0.05) is 19.1 Å². The van der Waals surface area contributed by atoms with Crippen LogP contribution in [-0.2, 0) is 14.2 Å². The summed E-state index contributed by atoms with van der Waals surface area (Å²) in [5, 5.41) is 52.5. The van der Waals surface area contributed by atoms with Crippen molar-refractivity contribution in [1.29, 1.82) is 0 Å². The van der Waals surface area contributed by atoms with Crippen LogP contribution in [0, 0.1) is 17.3 Å². The van der Waals surface area contributed by atoms with E-state index in [9.17, 15) is 25.5 Å². The van der Waals surface area contributed by atoms with E-state index in [0.29, 0.717) is 19.3 Å². The Kier molecular flexibility index (Phi) is 6.50. The summed E-state index contributed by atoms with van der Waals surface area (Å²) in [6.45, 7) is 9.71. The van der Waals surface area contributed by atoms with Crippen molar-refractivity contribution in [2.75, 3.05) is 7.11 Å². The molecule has 0 bridgehead atoms. The third kappa shape index (κ3) is 4.02. The Labute approximate surface area is 172 Å². The molecule has 2 aliphatic carbocycles. The van der Waals surface area contributed by atoms with Gasteiger partial charge in [-0.2, -0.15) is 0 Å². The van der Waals surface area contributed by atoms with Gasteiger partial charge in [0.2, 0.25) is 0 Å². The van der Waals surface area contributed by atoms with Crippen molar-refractivity contribution in [3.8, 4) is 0 Å². The van der Waals surface area contributed by atoms with Crippen LogP contribution < -0.4 is 0 Å². The maximum absolute atomic E-state index is 11.5. The normalized spacial score (nSPS) is 53.3. The van der Waals surface area contributed by atoms with Gasteiger partial charge in [0, 0.05) is 13.0 Å². The van der Waals surface area contributed by atoms with Crippen LogP contribution in [-0.4, -0.2) is 81.3 Å². The summed E-state index contributed by atoms with van der Waals surface area (Å²) in [7, 11) is 1.32. The van der Waals surface area contributed by atoms with E-state index < -0.39 is 48.7 Å². The predicted octanol–water partition coefficient (Wildman–Crippen LogP) is 0.297. The third-order valence-electron chi connectivity index (χ3n) is 7.50. The van der Waals surface area contributed by atoms with Gasteiger partial charge in [0.15, 0.2) is 12.6 Å². The standard InChI is InChI=1S/C21H36O8/c1-10(2)11-8-13-20(3,9-12(11)22)7-6-14(21(13,4)26)28-19-17(25)15(23)16(24)18(27-5)29-19/h11-19,22-26H,1,6-9H2,2-5H3/t11-,12-,13+,14-,15-,16-,17+,18-,19-,20+,21-/m0/s1. The van der Waals surface area contributed by atoms with Crippen LogP contribution in [0.4, 0.5) is 0 Å². The van der Waals surface area contributed by atoms with Crippen LogP contribution in [0.1, 0.15) is 46.5 Å². The Morgan fingerprint density at radius 1 is 1.07 bits per heavy atom. The first-order valence-corrected chi connectivity index (χ1v) is 10.4. The summed E-state index contributed by atoms with van der Waals surface area (Å²) in [4.78, 5) is 0. The zero-order chi connectivity index (χ0) is 21.7. The number of ether oxygens (including phenoxy) is 3. The monoisotopic (exact) mass is 416 g/mol. The molecule has 0 spiro atoms. The molecule has 0 amide bonds. The number of aliphatic hydroxyl groups is 5. The molecule has 1 heterocycles. The highest BCUT2D eigenvalue weighted by Gasteiger charge is 2.58. The van der Waals surface area contributed by atoms with E-state index in [1.54, 1.807) is 6.92 Å². The summed E-state index contributed by atoms with van der Waals surface area (Å²) in [5.74, 6) is -0.238. The lowest BCUT2D eigenvalue weighted by Crippen LogP contribution is -2.64. The summed E-state index contributed by atoms with van der Waals surface area (Å²) in [6, 6.07) is 0. The Bertz CT molecular complexity index is 607. The maximum atomic E-state index is 11.5. The summed E-state index contributed by atoms with van der Waals surface area (Å²) >= 11 is 0. The lowest BCUT2D eigenvalue weighted by atomic mass is 9.51. The van der Waals surface area contributed by atoms with E-state index in [1.807, 2.05) is 6.92 Å². The fraction of sp³-hybridized carbons (Fsp3) is 0.905. The Morgan fingerprint density at radius 2 is 1.69 bits per heavy atom. The highest BCUT2D eigenvalue weighted by Crippen LogP contribution is 2.57. The average Bonchev–Trinajstić information content (AvgIpc) is 2.63. The summed E-state index contributed by atoms with van der Waals surface area (Å²) in [6.07, 6.45) is -5.47. The summed E-state index contributed by atoms with van der Waals surface area (Å²) in [5.41, 5.74) is -0.594. The van der Waals surface area contributed by atoms with Crippen molar-refractivity contribution in [2.24, 2.45) is 17.3 Å². The first kappa shape index (κ1) is 23.1. The molecule has 8 nitrogen and oxygen atoms in total. The molecule has 0 aromatic rings. The molecule has 2 saturated carbocycles. The van der Waals surface area contributed by atoms with Crippen LogP contribution in [0.3, 0.4) is 0 Å². The quantitative estimate of drug-likeness (QED) is 0.327. The van der Waals surface area contributed by atoms with Crippen LogP contribution in [0.2, 0.25) is 0 Å². The van der Waals surface area contributed by atoms with E-state index in [4.69, 9.17) is 14.2 Å². The summed E-state index contributed by atoms with van der Waals surface area (Å²) < 4.78 is 16.5. The van der Waals surface area contributed by atoms with Gasteiger partial charge < -0.3 is 39.7 Å². The number of hydrogen-bond donors (Lipinski definition) is 5. The molecular formula is C21H36O8. The molecule has 168 valence electrons. The van der Waals surface area contributed by atoms with Crippen LogP contribution >= 0.6 is 0 Å². The van der Waals surface area contributed by atoms with Gasteiger partial charge in [-0.15, -0.1) is 0 Å². The van der Waals surface area contributed by atoms with E-state index >= 15 is 0 Å². The molecule has 3 rings (SSSR count). The highest BCUT2D eigenvalue weighted by molar-refractivity contribution is 5.12. The molecule has 1 saturated heterocycles. The van der Waals surface area contributed by atoms with Gasteiger partial charge in [-0.3, -0.25) is 0 Å². The minimum absolute atomic E-state index is 0.0929. The molecule has 0 radical (unpaired) electrons. The molecule has 3 fully saturated rings. The van der Waals surface area contributed by atoms with E-state index in [1.165, 1.54) is 7.11 Å². The van der Waals surface area contributed by atoms with Crippen molar-refractivity contribution in [3.63, 3.8) is 0 Å². The number of methoxy groups -OCH3 is 1. The Balaban J connectivity index is 1.79. The third-order valence-corrected chi connectivity index (χ3v) is 7.50. The van der Waals surface area contributed by atoms with Crippen molar-refractivity contribution >= 4 is 0 Å². The smallest absolute Gasteiger partial charge is 0.189 e. The van der Waals surface area contributed by atoms with Gasteiger partial charge in [0.1, 0.15) is 18.3 Å². The molecule has 29 heavy (non-hydrogen) atoms. The van der Waals surface area contributed by atoms with Gasteiger partial charge in [-0.25, -0.2) is 0 Å². The van der Waals surface area contributed by atoms with Gasteiger partial charge in [0.05, 0.1) is 17.8 Å². The van der Waals surface area contributed by atoms with Gasteiger partial charge >= 0.3 is 0 Å². The molecule has 0 aromatic carbocycles. The number of fused-ring (bicyclic) bond motifs is 1. The van der Waals surface area contributed by atoms with Crippen LogP contribution in [0.15, 0.2) is 12.2 Å². The molecule has 1 aliphatic heterocycles. The van der Waals surface area contributed by atoms with Crippen molar-refractivity contribution < 1.29 is 39.7 Å². The molecule has 5 N–H and O–H groups in total. The SMILES string of the molecule is C=C(C)[C@@H]1C[C@@H]2[C@](C)(CC[C@H](O[C@H]3O[C@H](OC)[C@@H](O)[C@H](O)[C@H]3O)[C@@]2(C)O)C[C@@H]1O. The average molecular weight is 417 g/mol. The van der Waals surface area contributed by atoms with Crippen LogP contribution in [0.25, 0.3) is 0 Å². The molecule has 11 atom stereocenters. The predicted molar refractivity (Wildman–Crippen MR) is 104 cm³/mol. The molecular weight excluding hydrogens is 380 g/mol. The zero-order valence-corrected chi connectivity index (χ0v) is 17.7. The fourth-order valence-corrected chi connectivity index (χ4v) is 5.68. The Morgan fingerprint density at radius 3 is 2.28 bits per heavy atom. The first-order valence-electron chi connectivity index (χ1n) is 10.4. The molecule has 0 aromatic heterocycles. The minimum atomic E-state index is -1.49. The second kappa shape index (κ2) is 8.16. The maximum Gasteiger partial charge on any atom is 0.189 e. The van der Waals surface area contributed by atoms with Crippen molar-refractivity contribution in [1.82, 2.24) is 0 Å². The number of hydrogen-bond acceptors (Lipinski definition) is 8. The largest absolute Gasteiger partial charge is 0.392 e. The highest BCUT2D eigenvalue weighted by atomic mass is 16.8.